The molecular weight excluding hydrogens is 1350 g/mol. The van der Waals surface area contributed by atoms with Gasteiger partial charge in [-0.15, -0.1) is 12.4 Å². The summed E-state index contributed by atoms with van der Waals surface area (Å²) in [7, 11) is 1.19. The molecule has 3 aromatic heterocycles. The van der Waals surface area contributed by atoms with E-state index in [-0.39, 0.29) is 124 Å². The number of alkyl carbamates (subject to hydrolysis) is 2. The number of nitrogens with two attached hydrogens (primary N) is 1. The molecule has 102 heavy (non-hydrogen) atoms. The number of ether oxygens (including phenoxy) is 6. The first-order valence-electron chi connectivity index (χ1n) is 33.9. The van der Waals surface area contributed by atoms with Crippen LogP contribution < -0.4 is 80.8 Å². The van der Waals surface area contributed by atoms with Crippen molar-refractivity contribution in [1.29, 1.82) is 0 Å². The first-order chi connectivity index (χ1) is 46.6. The summed E-state index contributed by atoms with van der Waals surface area (Å²) in [6, 6.07) is 6.42. The maximum absolute atomic E-state index is 15.5. The Labute approximate surface area is 603 Å². The third kappa shape index (κ3) is 13.9. The minimum atomic E-state index is -1.39. The summed E-state index contributed by atoms with van der Waals surface area (Å²) in [6.45, 7) is 20.8. The smallest absolute Gasteiger partial charge is 0.870 e. The normalized spacial score (nSPS) is 22.5. The van der Waals surface area contributed by atoms with Gasteiger partial charge in [0.05, 0.1) is 58.8 Å². The number of carbonyl (C=O) groups excluding carboxylic acids is 3. The SMILES string of the molecule is COC(=O)c1cc2c(F)cc(N3CC[C@@H](C4(NC(=O)OC(C)(C)C)CC4)C3)c3c2n(c1=O)[C@@H](C)CO3.C[C@H]1COc2c(N3CC[C@@H](C4(N)CC4)C3)cc(F)c3cc(C(=O)O)c(=O)n1c23.C[C@H]1COc2c(N3CC[C@@H](C4(NC(=O)OC(C)(C)C)CC4)C3)cc(F)c3cc(C(=O)O)c(=O)n1c23.Cl.[Li+].[OH-]. The molecule has 3 saturated carbocycles. The zero-order valence-electron chi connectivity index (χ0n) is 59.0. The number of amides is 2. The molecule has 15 rings (SSSR count). The summed E-state index contributed by atoms with van der Waals surface area (Å²) < 4.78 is 83.7. The number of anilines is 3. The van der Waals surface area contributed by atoms with Crippen LogP contribution in [0.4, 0.5) is 39.8 Å². The maximum Gasteiger partial charge on any atom is 1.00 e. The van der Waals surface area contributed by atoms with Crippen LogP contribution in [0.5, 0.6) is 17.2 Å². The predicted octanol–water partition coefficient (Wildman–Crippen LogP) is 6.80. The third-order valence-corrected chi connectivity index (χ3v) is 21.1. The molecule has 3 aromatic carbocycles. The van der Waals surface area contributed by atoms with Crippen LogP contribution in [0.15, 0.2) is 50.8 Å². The Morgan fingerprint density at radius 3 is 1.13 bits per heavy atom. The number of methoxy groups -OCH3 is 1. The van der Waals surface area contributed by atoms with Crippen molar-refractivity contribution in [3.05, 3.63) is 102 Å². The van der Waals surface area contributed by atoms with Crippen molar-refractivity contribution in [1.82, 2.24) is 24.3 Å². The molecule has 2 amide bonds. The summed E-state index contributed by atoms with van der Waals surface area (Å²) in [5.41, 5.74) is 4.19. The Bertz CT molecular complexity index is 4600. The summed E-state index contributed by atoms with van der Waals surface area (Å²) in [5.74, 6) is -3.31. The van der Waals surface area contributed by atoms with E-state index >= 15 is 13.2 Å². The second kappa shape index (κ2) is 27.7. The van der Waals surface area contributed by atoms with E-state index in [1.807, 2.05) is 46.4 Å². The summed E-state index contributed by atoms with van der Waals surface area (Å²) in [6.07, 6.45) is 7.20. The number of rotatable bonds is 11. The van der Waals surface area contributed by atoms with Gasteiger partial charge in [0.2, 0.25) is 0 Å². The molecule has 9 heterocycles. The monoisotopic (exact) mass is 1440 g/mol. The number of nitrogens with one attached hydrogen (secondary N) is 2. The van der Waals surface area contributed by atoms with E-state index in [1.165, 1.54) is 45.1 Å². The number of esters is 1. The van der Waals surface area contributed by atoms with Crippen molar-refractivity contribution < 1.29 is 100 Å². The summed E-state index contributed by atoms with van der Waals surface area (Å²) in [4.78, 5) is 105. The van der Waals surface area contributed by atoms with Gasteiger partial charge in [-0.2, -0.15) is 0 Å². The van der Waals surface area contributed by atoms with Gasteiger partial charge in [-0.25, -0.2) is 37.1 Å². The fraction of sp³-hybridized carbons (Fsp3) is 0.549. The third-order valence-electron chi connectivity index (χ3n) is 21.1. The molecule has 7 N–H and O–H groups in total. The van der Waals surface area contributed by atoms with Crippen molar-refractivity contribution >= 4 is 92.3 Å². The number of carbonyl (C=O) groups is 5. The average molecular weight is 1440 g/mol. The van der Waals surface area contributed by atoms with E-state index in [0.717, 1.165) is 83.0 Å². The van der Waals surface area contributed by atoms with Gasteiger partial charge in [-0.05, 0) is 144 Å². The molecule has 0 spiro atoms. The molecule has 26 nitrogen and oxygen atoms in total. The van der Waals surface area contributed by atoms with Crippen LogP contribution in [-0.4, -0.2) is 154 Å². The van der Waals surface area contributed by atoms with Gasteiger partial charge in [-0.1, -0.05) is 0 Å². The quantitative estimate of drug-likeness (QED) is 0.0506. The Balaban J connectivity index is 0.000000164. The van der Waals surface area contributed by atoms with E-state index < -0.39 is 92.6 Å². The minimum Gasteiger partial charge on any atom is -0.870 e. The number of pyridine rings is 3. The molecule has 6 fully saturated rings. The van der Waals surface area contributed by atoms with Gasteiger partial charge in [0.1, 0.15) is 65.2 Å². The number of nitrogens with zero attached hydrogens (tertiary/aromatic N) is 6. The van der Waals surface area contributed by atoms with Crippen molar-refractivity contribution in [3.8, 4) is 17.2 Å². The van der Waals surface area contributed by atoms with Gasteiger partial charge < -0.3 is 75.2 Å². The Kier molecular flexibility index (Phi) is 20.7. The largest absolute Gasteiger partial charge is 1.00 e. The van der Waals surface area contributed by atoms with Gasteiger partial charge >= 0.3 is 49.0 Å². The zero-order chi connectivity index (χ0) is 71.1. The fourth-order valence-corrected chi connectivity index (χ4v) is 15.5. The van der Waals surface area contributed by atoms with Crippen LogP contribution in [-0.2, 0) is 14.2 Å². The van der Waals surface area contributed by atoms with Gasteiger partial charge in [-0.3, -0.25) is 28.1 Å². The van der Waals surface area contributed by atoms with Gasteiger partial charge in [0.25, 0.3) is 16.7 Å². The molecule has 6 aromatic rings. The fourth-order valence-electron chi connectivity index (χ4n) is 15.5. The van der Waals surface area contributed by atoms with Gasteiger partial charge in [0.15, 0.2) is 17.2 Å². The van der Waals surface area contributed by atoms with Crippen molar-refractivity contribution in [2.45, 2.75) is 166 Å². The molecule has 31 heteroatoms. The molecule has 6 atom stereocenters. The number of halogens is 4. The molecule has 546 valence electrons. The number of carboxylic acid groups (broad SMARTS) is 2. The average Bonchev–Trinajstić information content (AvgIpc) is 1.30. The van der Waals surface area contributed by atoms with E-state index in [2.05, 4.69) is 20.4 Å². The molecule has 0 radical (unpaired) electrons. The van der Waals surface area contributed by atoms with E-state index in [0.29, 0.717) is 77.4 Å². The van der Waals surface area contributed by atoms with Crippen LogP contribution in [0.3, 0.4) is 0 Å². The number of aromatic nitrogens is 3. The second-order valence-electron chi connectivity index (χ2n) is 30.3. The van der Waals surface area contributed by atoms with Crippen molar-refractivity contribution in [2.75, 3.05) is 80.9 Å². The first-order valence-corrected chi connectivity index (χ1v) is 33.9. The topological polar surface area (TPSA) is 337 Å². The van der Waals surface area contributed by atoms with Gasteiger partial charge in [0, 0.05) is 102 Å². The second-order valence-corrected chi connectivity index (χ2v) is 30.3. The number of hydrogen-bond acceptors (Lipinski definition) is 19. The van der Waals surface area contributed by atoms with Crippen LogP contribution in [0, 0.1) is 35.2 Å². The number of carboxylic acids is 2. The van der Waals surface area contributed by atoms with E-state index in [1.54, 1.807) is 20.8 Å². The van der Waals surface area contributed by atoms with E-state index in [9.17, 15) is 48.6 Å². The van der Waals surface area contributed by atoms with Crippen LogP contribution in [0.1, 0.15) is 169 Å². The molecule has 6 aliphatic heterocycles. The van der Waals surface area contributed by atoms with Crippen LogP contribution in [0.2, 0.25) is 0 Å². The number of aromatic carboxylic acids is 2. The Morgan fingerprint density at radius 1 is 0.529 bits per heavy atom. The Hall–Kier alpha value is -8.36. The van der Waals surface area contributed by atoms with Crippen molar-refractivity contribution in [2.24, 2.45) is 23.5 Å². The Morgan fingerprint density at radius 2 is 0.833 bits per heavy atom. The minimum absolute atomic E-state index is 0. The molecule has 3 saturated heterocycles. The van der Waals surface area contributed by atoms with Crippen LogP contribution in [0.25, 0.3) is 32.7 Å². The molecule has 3 aliphatic carbocycles. The number of benzene rings is 3. The summed E-state index contributed by atoms with van der Waals surface area (Å²) in [5, 5.41) is 25.2. The van der Waals surface area contributed by atoms with E-state index in [4.69, 9.17) is 34.2 Å². The zero-order valence-corrected chi connectivity index (χ0v) is 59.8. The van der Waals surface area contributed by atoms with Crippen molar-refractivity contribution in [3.63, 3.8) is 0 Å². The van der Waals surface area contributed by atoms with Crippen LogP contribution >= 0.6 is 12.4 Å². The molecule has 9 aliphatic rings. The molecule has 0 unspecified atom stereocenters. The maximum atomic E-state index is 15.5. The first kappa shape index (κ1) is 76.3. The predicted molar refractivity (Wildman–Crippen MR) is 369 cm³/mol. The molecule has 0 bridgehead atoms. The number of hydrogen-bond donors (Lipinski definition) is 5. The summed E-state index contributed by atoms with van der Waals surface area (Å²) >= 11 is 0. The standard InChI is InChI=1S/C26H32FN3O6.C25H30FN3O6.C20H22FN3O4.ClH.Li.H2O/c1-14-13-35-21-19(11-18(27)16-10-17(23(32)34-5)22(31)30(14)20(16)21)29-9-6-15(12-29)26(7-8-26)28-24(33)36-25(2,3)4;1-13-12-34-20-18(10-17(26)15-9-16(22(31)32)21(30)29(13)19(15)20)28-8-5-14(11-28)25(6-7-25)27-23(33)35-24(2,3)4;1-10-9-28-17-15(23-5-2-11(8-23)20(22)3-4-20)7-14(21)12-6-13(19(26)27)18(25)24(10)16(12)17;;;/h10-11,14-15H,6-9,12-13H2,1-5H3,(H,28,33);9-10,13-14H,5-8,11-12H2,1-4H3,(H,27,33)(H,31,32);6-7,10-11H,2-5,8-9,22H2,1H3,(H,26,27);1H;;1H2/q;;;;+1;/p-1/t14-,15+;13-,14+;10-,11+;;;/m000.../s1. The molecular formula is C71H86ClF3LiN9O17.